The van der Waals surface area contributed by atoms with Crippen LogP contribution in [0, 0.1) is 9.39 Å². The summed E-state index contributed by atoms with van der Waals surface area (Å²) in [5.74, 6) is -0.728. The van der Waals surface area contributed by atoms with Crippen molar-refractivity contribution in [2.24, 2.45) is 7.05 Å². The number of amides is 1. The minimum atomic E-state index is -1.12. The molecule has 28 heavy (non-hydrogen) atoms. The van der Waals surface area contributed by atoms with E-state index in [1.165, 1.54) is 6.07 Å². The molecule has 4 N–H and O–H groups in total. The second-order valence-corrected chi connectivity index (χ2v) is 7.23. The van der Waals surface area contributed by atoms with E-state index in [2.05, 4.69) is 15.8 Å². The number of nitrogens with one attached hydrogen (secondary N) is 2. The summed E-state index contributed by atoms with van der Waals surface area (Å²) < 4.78 is 16.7. The van der Waals surface area contributed by atoms with E-state index in [9.17, 15) is 14.3 Å². The molecule has 1 unspecified atom stereocenters. The Morgan fingerprint density at radius 3 is 2.93 bits per heavy atom. The molecule has 0 fully saturated rings. The summed E-state index contributed by atoms with van der Waals surface area (Å²) in [6.45, 7) is -0.771. The van der Waals surface area contributed by atoms with Crippen molar-refractivity contribution < 1.29 is 24.2 Å². The molecular formula is C18H18FIN4O4. The van der Waals surface area contributed by atoms with Crippen LogP contribution < -0.4 is 10.8 Å². The maximum atomic E-state index is 14.3. The van der Waals surface area contributed by atoms with Crippen molar-refractivity contribution in [2.75, 3.05) is 18.5 Å². The van der Waals surface area contributed by atoms with Gasteiger partial charge in [-0.3, -0.25) is 9.63 Å². The molecule has 1 amide bonds. The highest BCUT2D eigenvalue weighted by Crippen LogP contribution is 2.31. The van der Waals surface area contributed by atoms with E-state index >= 15 is 0 Å². The molecule has 0 aliphatic carbocycles. The standard InChI is InChI=1S/C18H18FIN4O4/c1-24-16-12(3-2-6-21-16)15(18(27)23-28-9-11(26)8-25)17(24)22-14-5-4-10(20)7-13(14)19/h2-7,11,22,25-26H,8-9H2,1H3,(H,23,27). The smallest absolute Gasteiger partial charge is 0.279 e. The van der Waals surface area contributed by atoms with Crippen LogP contribution in [0.4, 0.5) is 15.9 Å². The van der Waals surface area contributed by atoms with Crippen molar-refractivity contribution in [3.8, 4) is 0 Å². The van der Waals surface area contributed by atoms with Crippen LogP contribution >= 0.6 is 22.6 Å². The number of anilines is 2. The van der Waals surface area contributed by atoms with Crippen LogP contribution in [0.2, 0.25) is 0 Å². The fourth-order valence-electron chi connectivity index (χ4n) is 2.66. The lowest BCUT2D eigenvalue weighted by atomic mass is 10.2. The number of aromatic nitrogens is 2. The number of rotatable bonds is 7. The maximum Gasteiger partial charge on any atom is 0.279 e. The Hall–Kier alpha value is -2.28. The Bertz CT molecular complexity index is 1010. The SMILES string of the molecule is Cn1c(Nc2ccc(I)cc2F)c(C(=O)NOCC(O)CO)c2cccnc21. The van der Waals surface area contributed by atoms with Crippen LogP contribution in [-0.4, -0.2) is 45.0 Å². The molecule has 8 nitrogen and oxygen atoms in total. The highest BCUT2D eigenvalue weighted by Gasteiger charge is 2.23. The average molecular weight is 500 g/mol. The third-order valence-corrected chi connectivity index (χ3v) is 4.68. The molecule has 0 radical (unpaired) electrons. The molecule has 0 aliphatic heterocycles. The first-order valence-electron chi connectivity index (χ1n) is 8.29. The lowest BCUT2D eigenvalue weighted by Gasteiger charge is -2.13. The largest absolute Gasteiger partial charge is 0.394 e. The van der Waals surface area contributed by atoms with Gasteiger partial charge in [-0.25, -0.2) is 14.9 Å². The van der Waals surface area contributed by atoms with E-state index < -0.39 is 24.4 Å². The van der Waals surface area contributed by atoms with E-state index in [1.807, 2.05) is 22.6 Å². The van der Waals surface area contributed by atoms with Gasteiger partial charge >= 0.3 is 0 Å². The first kappa shape index (κ1) is 20.5. The number of fused-ring (bicyclic) bond motifs is 1. The van der Waals surface area contributed by atoms with Gasteiger partial charge < -0.3 is 20.1 Å². The van der Waals surface area contributed by atoms with Crippen molar-refractivity contribution in [1.29, 1.82) is 0 Å². The second kappa shape index (κ2) is 8.82. The normalized spacial score (nSPS) is 12.2. The van der Waals surface area contributed by atoms with Crippen molar-refractivity contribution in [3.63, 3.8) is 0 Å². The molecule has 3 aromatic rings. The quantitative estimate of drug-likeness (QED) is 0.292. The summed E-state index contributed by atoms with van der Waals surface area (Å²) in [5, 5.41) is 21.6. The molecule has 1 aromatic carbocycles. The molecule has 0 bridgehead atoms. The Balaban J connectivity index is 1.98. The minimum absolute atomic E-state index is 0.206. The number of hydroxylamine groups is 1. The number of hydrogen-bond acceptors (Lipinski definition) is 6. The zero-order valence-corrected chi connectivity index (χ0v) is 17.0. The molecule has 10 heteroatoms. The highest BCUT2D eigenvalue weighted by atomic mass is 127. The van der Waals surface area contributed by atoms with Gasteiger partial charge in [0.05, 0.1) is 17.9 Å². The van der Waals surface area contributed by atoms with Crippen LogP contribution in [0.1, 0.15) is 10.4 Å². The van der Waals surface area contributed by atoms with Gasteiger partial charge in [0.25, 0.3) is 5.91 Å². The zero-order chi connectivity index (χ0) is 20.3. The summed E-state index contributed by atoms with van der Waals surface area (Å²) in [5.41, 5.74) is 3.17. The van der Waals surface area contributed by atoms with Crippen LogP contribution in [0.15, 0.2) is 36.5 Å². The van der Waals surface area contributed by atoms with Crippen molar-refractivity contribution >= 4 is 51.0 Å². The van der Waals surface area contributed by atoms with Gasteiger partial charge in [0.15, 0.2) is 0 Å². The lowest BCUT2D eigenvalue weighted by molar-refractivity contribution is -0.0294. The Labute approximate surface area is 173 Å². The number of benzene rings is 1. The van der Waals surface area contributed by atoms with Crippen molar-refractivity contribution in [2.45, 2.75) is 6.10 Å². The fraction of sp³-hybridized carbons (Fsp3) is 0.222. The average Bonchev–Trinajstić information content (AvgIpc) is 2.96. The van der Waals surface area contributed by atoms with E-state index in [4.69, 9.17) is 9.94 Å². The molecule has 2 heterocycles. The molecule has 2 aromatic heterocycles. The monoisotopic (exact) mass is 500 g/mol. The number of aryl methyl sites for hydroxylation is 1. The number of aliphatic hydroxyl groups is 2. The molecule has 148 valence electrons. The summed E-state index contributed by atoms with van der Waals surface area (Å²) in [7, 11) is 1.70. The maximum absolute atomic E-state index is 14.3. The van der Waals surface area contributed by atoms with E-state index in [0.717, 1.165) is 3.57 Å². The Morgan fingerprint density at radius 1 is 1.43 bits per heavy atom. The predicted molar refractivity (Wildman–Crippen MR) is 110 cm³/mol. The van der Waals surface area contributed by atoms with Gasteiger partial charge in [0.2, 0.25) is 0 Å². The number of hydrogen-bond donors (Lipinski definition) is 4. The molecular weight excluding hydrogens is 482 g/mol. The van der Waals surface area contributed by atoms with Crippen molar-refractivity contribution in [3.05, 3.63) is 51.5 Å². The van der Waals surface area contributed by atoms with E-state index in [1.54, 1.807) is 42.1 Å². The highest BCUT2D eigenvalue weighted by molar-refractivity contribution is 14.1. The first-order valence-corrected chi connectivity index (χ1v) is 9.36. The van der Waals surface area contributed by atoms with Crippen LogP contribution in [0.5, 0.6) is 0 Å². The second-order valence-electron chi connectivity index (χ2n) is 5.98. The molecule has 1 atom stereocenters. The van der Waals surface area contributed by atoms with E-state index in [0.29, 0.717) is 16.9 Å². The topological polar surface area (TPSA) is 109 Å². The molecule has 0 spiro atoms. The number of nitrogens with zero attached hydrogens (tertiary/aromatic N) is 2. The number of halogens is 2. The van der Waals surface area contributed by atoms with Gasteiger partial charge in [-0.05, 0) is 52.9 Å². The minimum Gasteiger partial charge on any atom is -0.394 e. The molecule has 0 saturated heterocycles. The summed E-state index contributed by atoms with van der Waals surface area (Å²) in [6, 6.07) is 8.10. The van der Waals surface area contributed by atoms with Gasteiger partial charge in [-0.15, -0.1) is 0 Å². The van der Waals surface area contributed by atoms with Gasteiger partial charge in [0.1, 0.15) is 30.0 Å². The Kier molecular flexibility index (Phi) is 6.44. The summed E-state index contributed by atoms with van der Waals surface area (Å²) >= 11 is 2.01. The van der Waals surface area contributed by atoms with E-state index in [-0.39, 0.29) is 17.9 Å². The number of pyridine rings is 1. The van der Waals surface area contributed by atoms with Gasteiger partial charge in [0, 0.05) is 22.2 Å². The fourth-order valence-corrected chi connectivity index (χ4v) is 3.12. The molecule has 0 saturated carbocycles. The number of carbonyl (C=O) groups is 1. The Morgan fingerprint density at radius 2 is 2.21 bits per heavy atom. The van der Waals surface area contributed by atoms with Gasteiger partial charge in [-0.1, -0.05) is 0 Å². The first-order chi connectivity index (χ1) is 13.4. The van der Waals surface area contributed by atoms with Crippen LogP contribution in [0.3, 0.4) is 0 Å². The lowest BCUT2D eigenvalue weighted by Crippen LogP contribution is -2.30. The third-order valence-electron chi connectivity index (χ3n) is 4.01. The van der Waals surface area contributed by atoms with Crippen molar-refractivity contribution in [1.82, 2.24) is 15.0 Å². The van der Waals surface area contributed by atoms with Crippen LogP contribution in [0.25, 0.3) is 11.0 Å². The molecule has 0 aliphatic rings. The summed E-state index contributed by atoms with van der Waals surface area (Å²) in [4.78, 5) is 22.0. The number of carbonyl (C=O) groups excluding carboxylic acids is 1. The number of aliphatic hydroxyl groups excluding tert-OH is 2. The summed E-state index contributed by atoms with van der Waals surface area (Å²) in [6.07, 6.45) is 0.473. The third kappa shape index (κ3) is 4.24. The molecule has 3 rings (SSSR count). The zero-order valence-electron chi connectivity index (χ0n) is 14.8. The van der Waals surface area contributed by atoms with Gasteiger partial charge in [-0.2, -0.15) is 0 Å². The van der Waals surface area contributed by atoms with Crippen LogP contribution in [-0.2, 0) is 11.9 Å². The predicted octanol–water partition coefficient (Wildman–Crippen LogP) is 2.08.